The first-order chi connectivity index (χ1) is 7.79. The van der Waals surface area contributed by atoms with Gasteiger partial charge in [0.25, 0.3) is 0 Å². The molecule has 1 aromatic heterocycles. The first kappa shape index (κ1) is 11.6. The van der Waals surface area contributed by atoms with Gasteiger partial charge in [0.15, 0.2) is 0 Å². The van der Waals surface area contributed by atoms with Gasteiger partial charge in [-0.1, -0.05) is 6.07 Å². The molecule has 1 fully saturated rings. The van der Waals surface area contributed by atoms with Crippen LogP contribution in [0.4, 0.5) is 0 Å². The predicted molar refractivity (Wildman–Crippen MR) is 63.4 cm³/mol. The molecule has 1 saturated heterocycles. The molecule has 1 atom stereocenters. The topological polar surface area (TPSA) is 41.6 Å². The molecule has 0 aromatic carbocycles. The third-order valence-corrected chi connectivity index (χ3v) is 3.51. The van der Waals surface area contributed by atoms with Crippen LogP contribution in [0, 0.1) is 0 Å². The Morgan fingerprint density at radius 1 is 1.75 bits per heavy atom. The molecule has 0 radical (unpaired) electrons. The van der Waals surface area contributed by atoms with Gasteiger partial charge in [-0.25, -0.2) is 0 Å². The van der Waals surface area contributed by atoms with E-state index in [1.54, 1.807) is 18.4 Å². The Bertz CT molecular complexity index is 340. The largest absolute Gasteiger partial charge is 0.366 e. The van der Waals surface area contributed by atoms with E-state index in [4.69, 9.17) is 4.74 Å². The van der Waals surface area contributed by atoms with Crippen molar-refractivity contribution in [3.8, 4) is 0 Å². The van der Waals surface area contributed by atoms with Gasteiger partial charge < -0.3 is 10.1 Å². The summed E-state index contributed by atoms with van der Waals surface area (Å²) >= 11 is 1.75. The number of carbonyl (C=O) groups excluding carboxylic acids is 1. The van der Waals surface area contributed by atoms with Crippen LogP contribution in [0.3, 0.4) is 0 Å². The van der Waals surface area contributed by atoms with Gasteiger partial charge in [-0.2, -0.15) is 0 Å². The summed E-state index contributed by atoms with van der Waals surface area (Å²) in [5.74, 6) is -0.0316. The molecule has 2 rings (SSSR count). The predicted octanol–water partition coefficient (Wildman–Crippen LogP) is 0.695. The molecular weight excluding hydrogens is 224 g/mol. The van der Waals surface area contributed by atoms with Crippen LogP contribution in [0.5, 0.6) is 0 Å². The van der Waals surface area contributed by atoms with E-state index >= 15 is 0 Å². The third kappa shape index (κ3) is 2.81. The first-order valence-electron chi connectivity index (χ1n) is 5.37. The van der Waals surface area contributed by atoms with E-state index in [2.05, 4.69) is 27.7 Å². The summed E-state index contributed by atoms with van der Waals surface area (Å²) < 4.78 is 5.43. The van der Waals surface area contributed by atoms with Gasteiger partial charge in [0.2, 0.25) is 5.91 Å². The van der Waals surface area contributed by atoms with Crippen molar-refractivity contribution in [2.24, 2.45) is 0 Å². The summed E-state index contributed by atoms with van der Waals surface area (Å²) in [5.41, 5.74) is 0. The molecule has 0 bridgehead atoms. The zero-order chi connectivity index (χ0) is 11.4. The van der Waals surface area contributed by atoms with Gasteiger partial charge in [-0.05, 0) is 11.4 Å². The van der Waals surface area contributed by atoms with Crippen molar-refractivity contribution in [3.05, 3.63) is 22.4 Å². The lowest BCUT2D eigenvalue weighted by Crippen LogP contribution is -2.48. The fourth-order valence-electron chi connectivity index (χ4n) is 1.79. The number of likely N-dealkylation sites (N-methyl/N-ethyl adjacent to an activating group) is 1. The molecule has 0 spiro atoms. The molecule has 16 heavy (non-hydrogen) atoms. The number of amides is 1. The summed E-state index contributed by atoms with van der Waals surface area (Å²) in [7, 11) is 1.64. The Hall–Kier alpha value is -0.910. The highest BCUT2D eigenvalue weighted by molar-refractivity contribution is 7.09. The van der Waals surface area contributed by atoms with E-state index in [1.165, 1.54) is 4.88 Å². The second-order valence-electron chi connectivity index (χ2n) is 3.79. The number of nitrogens with one attached hydrogen (secondary N) is 1. The van der Waals surface area contributed by atoms with Crippen LogP contribution in [-0.4, -0.2) is 43.7 Å². The molecule has 1 aliphatic rings. The zero-order valence-electron chi connectivity index (χ0n) is 9.31. The first-order valence-corrected chi connectivity index (χ1v) is 6.25. The second-order valence-corrected chi connectivity index (χ2v) is 4.82. The minimum atomic E-state index is -0.321. The van der Waals surface area contributed by atoms with E-state index in [1.807, 2.05) is 0 Å². The molecule has 2 heterocycles. The van der Waals surface area contributed by atoms with Crippen molar-refractivity contribution >= 4 is 17.2 Å². The molecule has 4 nitrogen and oxygen atoms in total. The summed E-state index contributed by atoms with van der Waals surface area (Å²) in [6.07, 6.45) is -0.321. The summed E-state index contributed by atoms with van der Waals surface area (Å²) in [6.45, 7) is 3.11. The highest BCUT2D eigenvalue weighted by Gasteiger charge is 2.25. The zero-order valence-corrected chi connectivity index (χ0v) is 10.1. The third-order valence-electron chi connectivity index (χ3n) is 2.65. The molecule has 5 heteroatoms. The maximum Gasteiger partial charge on any atom is 0.250 e. The Balaban J connectivity index is 1.89. The quantitative estimate of drug-likeness (QED) is 0.845. The van der Waals surface area contributed by atoms with E-state index in [0.29, 0.717) is 13.2 Å². The van der Waals surface area contributed by atoms with Crippen LogP contribution in [-0.2, 0) is 16.1 Å². The molecule has 1 aromatic rings. The van der Waals surface area contributed by atoms with E-state index < -0.39 is 0 Å². The highest BCUT2D eigenvalue weighted by Crippen LogP contribution is 2.14. The Morgan fingerprint density at radius 3 is 3.31 bits per heavy atom. The molecular formula is C11H16N2O2S. The fourth-order valence-corrected chi connectivity index (χ4v) is 2.53. The normalized spacial score (nSPS) is 21.9. The van der Waals surface area contributed by atoms with Crippen molar-refractivity contribution in [3.63, 3.8) is 0 Å². The summed E-state index contributed by atoms with van der Waals surface area (Å²) in [5, 5.41) is 4.70. The van der Waals surface area contributed by atoms with Crippen molar-refractivity contribution < 1.29 is 9.53 Å². The smallest absolute Gasteiger partial charge is 0.250 e. The average molecular weight is 240 g/mol. The lowest BCUT2D eigenvalue weighted by molar-refractivity contribution is -0.138. The molecule has 0 saturated carbocycles. The molecule has 1 aliphatic heterocycles. The standard InChI is InChI=1S/C11H16N2O2S/c1-12-11(14)10-8-13(4-5-15-10)7-9-3-2-6-16-9/h2-3,6,10H,4-5,7-8H2,1H3,(H,12,14)/t10-/m0/s1. The Kier molecular flexibility index (Phi) is 3.93. The monoisotopic (exact) mass is 240 g/mol. The number of hydrogen-bond donors (Lipinski definition) is 1. The van der Waals surface area contributed by atoms with Crippen LogP contribution in [0.25, 0.3) is 0 Å². The van der Waals surface area contributed by atoms with Gasteiger partial charge in [0.1, 0.15) is 6.10 Å². The number of carbonyl (C=O) groups is 1. The SMILES string of the molecule is CNC(=O)[C@@H]1CN(Cc2cccs2)CCO1. The average Bonchev–Trinajstić information content (AvgIpc) is 2.81. The lowest BCUT2D eigenvalue weighted by Gasteiger charge is -2.31. The van der Waals surface area contributed by atoms with E-state index in [-0.39, 0.29) is 12.0 Å². The fraction of sp³-hybridized carbons (Fsp3) is 0.545. The minimum Gasteiger partial charge on any atom is -0.366 e. The van der Waals surface area contributed by atoms with Gasteiger partial charge in [0.05, 0.1) is 6.61 Å². The summed E-state index contributed by atoms with van der Waals surface area (Å²) in [4.78, 5) is 15.0. The van der Waals surface area contributed by atoms with Crippen LogP contribution in [0.15, 0.2) is 17.5 Å². The van der Waals surface area contributed by atoms with E-state index in [9.17, 15) is 4.79 Å². The Morgan fingerprint density at radius 2 is 2.62 bits per heavy atom. The molecule has 88 valence electrons. The van der Waals surface area contributed by atoms with Gasteiger partial charge >= 0.3 is 0 Å². The number of nitrogens with zero attached hydrogens (tertiary/aromatic N) is 1. The van der Waals surface area contributed by atoms with Crippen molar-refractivity contribution in [1.29, 1.82) is 0 Å². The van der Waals surface area contributed by atoms with Crippen molar-refractivity contribution in [2.45, 2.75) is 12.6 Å². The second kappa shape index (κ2) is 5.43. The van der Waals surface area contributed by atoms with Crippen molar-refractivity contribution in [1.82, 2.24) is 10.2 Å². The Labute approximate surface area is 99.2 Å². The number of thiophene rings is 1. The van der Waals surface area contributed by atoms with Gasteiger partial charge in [0, 0.05) is 31.6 Å². The van der Waals surface area contributed by atoms with Crippen LogP contribution < -0.4 is 5.32 Å². The maximum atomic E-state index is 11.5. The summed E-state index contributed by atoms with van der Waals surface area (Å²) in [6, 6.07) is 4.17. The maximum absolute atomic E-state index is 11.5. The van der Waals surface area contributed by atoms with Crippen LogP contribution in [0.2, 0.25) is 0 Å². The molecule has 0 aliphatic carbocycles. The molecule has 0 unspecified atom stereocenters. The van der Waals surface area contributed by atoms with Crippen LogP contribution in [0.1, 0.15) is 4.88 Å². The van der Waals surface area contributed by atoms with Gasteiger partial charge in [-0.3, -0.25) is 9.69 Å². The van der Waals surface area contributed by atoms with E-state index in [0.717, 1.165) is 13.1 Å². The lowest BCUT2D eigenvalue weighted by atomic mass is 10.2. The number of ether oxygens (including phenoxy) is 1. The number of morpholine rings is 1. The minimum absolute atomic E-state index is 0.0316. The molecule has 1 amide bonds. The highest BCUT2D eigenvalue weighted by atomic mass is 32.1. The van der Waals surface area contributed by atoms with Crippen LogP contribution >= 0.6 is 11.3 Å². The van der Waals surface area contributed by atoms with Gasteiger partial charge in [-0.15, -0.1) is 11.3 Å². The number of rotatable bonds is 3. The van der Waals surface area contributed by atoms with Crippen molar-refractivity contribution in [2.75, 3.05) is 26.7 Å². The molecule has 1 N–H and O–H groups in total. The number of hydrogen-bond acceptors (Lipinski definition) is 4.